The molecule has 2 aromatic heterocycles. The molecule has 5 rings (SSSR count). The van der Waals surface area contributed by atoms with Gasteiger partial charge in [-0.1, -0.05) is 18.2 Å². The third-order valence-electron chi connectivity index (χ3n) is 5.74. The molecular weight excluding hydrogens is 474 g/mol. The minimum atomic E-state index is -0.372. The lowest BCUT2D eigenvalue weighted by Crippen LogP contribution is -2.38. The van der Waals surface area contributed by atoms with Crippen LogP contribution < -0.4 is 19.7 Å². The Labute approximate surface area is 212 Å². The van der Waals surface area contributed by atoms with E-state index < -0.39 is 0 Å². The lowest BCUT2D eigenvalue weighted by molar-refractivity contribution is -0.121. The highest BCUT2D eigenvalue weighted by Gasteiger charge is 2.28. The van der Waals surface area contributed by atoms with Gasteiger partial charge in [0.2, 0.25) is 0 Å². The molecule has 0 atom stereocenters. The van der Waals surface area contributed by atoms with E-state index in [0.717, 1.165) is 5.56 Å². The van der Waals surface area contributed by atoms with Crippen molar-refractivity contribution in [2.75, 3.05) is 18.1 Å². The Morgan fingerprint density at radius 3 is 2.62 bits per heavy atom. The zero-order chi connectivity index (χ0) is 25.6. The molecule has 2 amide bonds. The number of ketones is 1. The number of Topliss-reactive ketones (excluding diaryl/α,β-unsaturated/α-hetero) is 1. The summed E-state index contributed by atoms with van der Waals surface area (Å²) in [5.74, 6) is 0.706. The number of furan rings is 1. The molecule has 0 saturated heterocycles. The van der Waals surface area contributed by atoms with Gasteiger partial charge in [0.15, 0.2) is 24.8 Å². The van der Waals surface area contributed by atoms with Crippen LogP contribution in [0.2, 0.25) is 0 Å². The van der Waals surface area contributed by atoms with Gasteiger partial charge in [-0.25, -0.2) is 0 Å². The Morgan fingerprint density at radius 1 is 1.00 bits per heavy atom. The molecule has 2 aromatic carbocycles. The van der Waals surface area contributed by atoms with E-state index in [1.165, 1.54) is 4.90 Å². The fourth-order valence-corrected chi connectivity index (χ4v) is 3.81. The number of pyridine rings is 1. The maximum atomic E-state index is 12.8. The average Bonchev–Trinajstić information content (AvgIpc) is 3.41. The third-order valence-corrected chi connectivity index (χ3v) is 5.74. The first-order chi connectivity index (χ1) is 18.1. The van der Waals surface area contributed by atoms with E-state index in [9.17, 15) is 14.4 Å². The van der Waals surface area contributed by atoms with Gasteiger partial charge in [-0.3, -0.25) is 24.3 Å². The summed E-state index contributed by atoms with van der Waals surface area (Å²) in [6.07, 6.45) is 3.30. The Morgan fingerprint density at radius 2 is 1.81 bits per heavy atom. The van der Waals surface area contributed by atoms with Crippen molar-refractivity contribution in [3.05, 3.63) is 108 Å². The highest BCUT2D eigenvalue weighted by atomic mass is 16.5. The van der Waals surface area contributed by atoms with Gasteiger partial charge in [0.25, 0.3) is 11.8 Å². The van der Waals surface area contributed by atoms with Gasteiger partial charge in [0.1, 0.15) is 17.3 Å². The number of fused-ring (bicyclic) bond motifs is 1. The summed E-state index contributed by atoms with van der Waals surface area (Å²) in [5, 5.41) is 2.79. The second-order valence-electron chi connectivity index (χ2n) is 8.28. The minimum Gasteiger partial charge on any atom is -0.485 e. The lowest BCUT2D eigenvalue weighted by atomic mass is 10.1. The van der Waals surface area contributed by atoms with E-state index in [0.29, 0.717) is 35.1 Å². The van der Waals surface area contributed by atoms with Crippen molar-refractivity contribution in [2.24, 2.45) is 0 Å². The van der Waals surface area contributed by atoms with Crippen LogP contribution in [0.4, 0.5) is 5.69 Å². The standard InChI is InChI=1S/C28H23N3O6/c32-24(17-35-21-4-2-1-3-5-21)20-6-8-25-23(14-20)31(27(33)18-36-25)16-22-7-9-26(37-22)28(34)30-15-19-10-12-29-13-11-19/h1-14H,15-18H2,(H,30,34). The normalized spacial score (nSPS) is 12.4. The van der Waals surface area contributed by atoms with Crippen molar-refractivity contribution in [3.63, 3.8) is 0 Å². The molecule has 37 heavy (non-hydrogen) atoms. The molecule has 4 aromatic rings. The molecule has 1 N–H and O–H groups in total. The van der Waals surface area contributed by atoms with Crippen LogP contribution in [0.3, 0.4) is 0 Å². The second kappa shape index (κ2) is 10.8. The summed E-state index contributed by atoms with van der Waals surface area (Å²) in [4.78, 5) is 43.4. The number of hydrogen-bond acceptors (Lipinski definition) is 7. The Bertz CT molecular complexity index is 1420. The molecule has 0 aliphatic carbocycles. The van der Waals surface area contributed by atoms with Gasteiger partial charge in [-0.2, -0.15) is 0 Å². The molecule has 9 heteroatoms. The van der Waals surface area contributed by atoms with Crippen molar-refractivity contribution in [3.8, 4) is 11.5 Å². The Hall–Kier alpha value is -4.92. The van der Waals surface area contributed by atoms with Crippen molar-refractivity contribution in [2.45, 2.75) is 13.1 Å². The minimum absolute atomic E-state index is 0.0744. The highest BCUT2D eigenvalue weighted by molar-refractivity contribution is 6.02. The smallest absolute Gasteiger partial charge is 0.287 e. The van der Waals surface area contributed by atoms with Crippen molar-refractivity contribution < 1.29 is 28.3 Å². The average molecular weight is 498 g/mol. The van der Waals surface area contributed by atoms with Gasteiger partial charge in [-0.05, 0) is 60.2 Å². The van der Waals surface area contributed by atoms with Crippen LogP contribution in [0, 0.1) is 0 Å². The fourth-order valence-electron chi connectivity index (χ4n) is 3.81. The van der Waals surface area contributed by atoms with E-state index in [2.05, 4.69) is 10.3 Å². The number of nitrogens with zero attached hydrogens (tertiary/aromatic N) is 2. The van der Waals surface area contributed by atoms with Crippen LogP contribution in [0.25, 0.3) is 0 Å². The molecule has 9 nitrogen and oxygen atoms in total. The van der Waals surface area contributed by atoms with Crippen LogP contribution in [-0.2, 0) is 17.9 Å². The summed E-state index contributed by atoms with van der Waals surface area (Å²) in [7, 11) is 0. The molecule has 3 heterocycles. The number of rotatable bonds is 9. The van der Waals surface area contributed by atoms with E-state index in [1.54, 1.807) is 54.9 Å². The predicted octanol–water partition coefficient (Wildman–Crippen LogP) is 3.79. The number of nitrogens with one attached hydrogen (secondary N) is 1. The molecule has 0 fully saturated rings. The molecule has 0 spiro atoms. The van der Waals surface area contributed by atoms with Crippen LogP contribution in [0.1, 0.15) is 32.2 Å². The third kappa shape index (κ3) is 5.67. The summed E-state index contributed by atoms with van der Waals surface area (Å²) in [5.41, 5.74) is 1.74. The zero-order valence-corrected chi connectivity index (χ0v) is 19.8. The van der Waals surface area contributed by atoms with Crippen molar-refractivity contribution >= 4 is 23.3 Å². The van der Waals surface area contributed by atoms with Crippen molar-refractivity contribution in [1.82, 2.24) is 10.3 Å². The molecule has 0 bridgehead atoms. The van der Waals surface area contributed by atoms with Crippen LogP contribution in [0.5, 0.6) is 11.5 Å². The predicted molar refractivity (Wildman–Crippen MR) is 134 cm³/mol. The fraction of sp³-hybridized carbons (Fsp3) is 0.143. The van der Waals surface area contributed by atoms with E-state index in [1.807, 2.05) is 30.3 Å². The summed E-state index contributed by atoms with van der Waals surface area (Å²) < 4.78 is 16.8. The molecule has 0 radical (unpaired) electrons. The second-order valence-corrected chi connectivity index (χ2v) is 8.28. The zero-order valence-electron chi connectivity index (χ0n) is 19.8. The maximum absolute atomic E-state index is 12.8. The monoisotopic (exact) mass is 497 g/mol. The SMILES string of the molecule is O=C(COc1ccccc1)c1ccc2c(c1)N(Cc1ccc(C(=O)NCc3ccncc3)o1)C(=O)CO2. The number of benzene rings is 2. The molecule has 1 aliphatic rings. The molecule has 0 saturated carbocycles. The summed E-state index contributed by atoms with van der Waals surface area (Å²) in [6.45, 7) is 0.119. The molecule has 0 unspecified atom stereocenters. The van der Waals surface area contributed by atoms with Gasteiger partial charge >= 0.3 is 0 Å². The quantitative estimate of drug-likeness (QED) is 0.350. The maximum Gasteiger partial charge on any atom is 0.287 e. The number of para-hydroxylation sites is 1. The number of anilines is 1. The highest BCUT2D eigenvalue weighted by Crippen LogP contribution is 2.34. The van der Waals surface area contributed by atoms with Crippen LogP contribution in [0.15, 0.2) is 89.6 Å². The first-order valence-corrected chi connectivity index (χ1v) is 11.6. The van der Waals surface area contributed by atoms with Gasteiger partial charge in [0.05, 0.1) is 12.2 Å². The first-order valence-electron chi connectivity index (χ1n) is 11.6. The Kier molecular flexibility index (Phi) is 6.93. The summed E-state index contributed by atoms with van der Waals surface area (Å²) >= 11 is 0. The van der Waals surface area contributed by atoms with Gasteiger partial charge in [0, 0.05) is 24.5 Å². The van der Waals surface area contributed by atoms with Crippen LogP contribution >= 0.6 is 0 Å². The number of amides is 2. The Balaban J connectivity index is 1.27. The molecule has 1 aliphatic heterocycles. The lowest BCUT2D eigenvalue weighted by Gasteiger charge is -2.29. The first kappa shape index (κ1) is 23.8. The van der Waals surface area contributed by atoms with E-state index >= 15 is 0 Å². The number of carbonyl (C=O) groups excluding carboxylic acids is 3. The molecular formula is C28H23N3O6. The summed E-state index contributed by atoms with van der Waals surface area (Å²) in [6, 6.07) is 20.8. The van der Waals surface area contributed by atoms with Crippen molar-refractivity contribution in [1.29, 1.82) is 0 Å². The van der Waals surface area contributed by atoms with E-state index in [-0.39, 0.29) is 43.1 Å². The number of aromatic nitrogens is 1. The topological polar surface area (TPSA) is 111 Å². The number of ether oxygens (including phenoxy) is 2. The van der Waals surface area contributed by atoms with Gasteiger partial charge < -0.3 is 19.2 Å². The van der Waals surface area contributed by atoms with Gasteiger partial charge in [-0.15, -0.1) is 0 Å². The molecule has 186 valence electrons. The number of hydrogen-bond donors (Lipinski definition) is 1. The van der Waals surface area contributed by atoms with Crippen LogP contribution in [-0.4, -0.2) is 35.8 Å². The largest absolute Gasteiger partial charge is 0.485 e. The number of carbonyl (C=O) groups is 3. The van der Waals surface area contributed by atoms with E-state index in [4.69, 9.17) is 13.9 Å².